The highest BCUT2D eigenvalue weighted by atomic mass is 16.5. The lowest BCUT2D eigenvalue weighted by molar-refractivity contribution is 0.415. The van der Waals surface area contributed by atoms with Crippen LogP contribution in [0.3, 0.4) is 0 Å². The van der Waals surface area contributed by atoms with E-state index in [0.717, 1.165) is 18.8 Å². The van der Waals surface area contributed by atoms with Crippen molar-refractivity contribution in [1.82, 2.24) is 9.88 Å². The van der Waals surface area contributed by atoms with E-state index < -0.39 is 0 Å². The molecule has 0 aliphatic heterocycles. The van der Waals surface area contributed by atoms with E-state index in [1.54, 1.807) is 7.11 Å². The van der Waals surface area contributed by atoms with Gasteiger partial charge in [0.1, 0.15) is 5.75 Å². The van der Waals surface area contributed by atoms with Crippen molar-refractivity contribution in [2.45, 2.75) is 20.0 Å². The normalized spacial score (nSPS) is 10.9. The largest absolute Gasteiger partial charge is 0.497 e. The van der Waals surface area contributed by atoms with Gasteiger partial charge in [0, 0.05) is 30.7 Å². The second-order valence-electron chi connectivity index (χ2n) is 3.85. The molecular weight excluding hydrogens is 200 g/mol. The lowest BCUT2D eigenvalue weighted by atomic mass is 10.1. The third-order valence-corrected chi connectivity index (χ3v) is 2.88. The Balaban J connectivity index is 2.59. The first-order chi connectivity index (χ1) is 7.80. The molecule has 1 aromatic heterocycles. The number of rotatable bonds is 4. The second-order valence-corrected chi connectivity index (χ2v) is 3.85. The fourth-order valence-electron chi connectivity index (χ4n) is 2.07. The molecule has 3 heteroatoms. The van der Waals surface area contributed by atoms with Gasteiger partial charge in [0.05, 0.1) is 12.6 Å². The summed E-state index contributed by atoms with van der Waals surface area (Å²) in [5.41, 5.74) is 2.58. The molecule has 2 aromatic rings. The molecule has 0 fully saturated rings. The summed E-state index contributed by atoms with van der Waals surface area (Å²) in [6, 6.07) is 6.24. The van der Waals surface area contributed by atoms with Gasteiger partial charge in [-0.25, -0.2) is 0 Å². The van der Waals surface area contributed by atoms with Gasteiger partial charge in [0.15, 0.2) is 0 Å². The fourth-order valence-corrected chi connectivity index (χ4v) is 2.07. The summed E-state index contributed by atoms with van der Waals surface area (Å²) in [5.74, 6) is 0.913. The van der Waals surface area contributed by atoms with Crippen LogP contribution >= 0.6 is 0 Å². The Morgan fingerprint density at radius 2 is 2.19 bits per heavy atom. The highest BCUT2D eigenvalue weighted by Gasteiger charge is 2.07. The first-order valence-electron chi connectivity index (χ1n) is 5.60. The fraction of sp³-hybridized carbons (Fsp3) is 0.385. The zero-order valence-corrected chi connectivity index (χ0v) is 10.1. The Labute approximate surface area is 96.0 Å². The van der Waals surface area contributed by atoms with Crippen molar-refractivity contribution in [3.05, 3.63) is 30.0 Å². The van der Waals surface area contributed by atoms with Crippen LogP contribution in [0.2, 0.25) is 0 Å². The summed E-state index contributed by atoms with van der Waals surface area (Å²) in [7, 11) is 3.67. The number of hydrogen-bond donors (Lipinski definition) is 1. The molecule has 1 N–H and O–H groups in total. The van der Waals surface area contributed by atoms with Gasteiger partial charge in [-0.3, -0.25) is 0 Å². The average Bonchev–Trinajstić information content (AvgIpc) is 2.67. The van der Waals surface area contributed by atoms with Gasteiger partial charge >= 0.3 is 0 Å². The van der Waals surface area contributed by atoms with Gasteiger partial charge in [-0.1, -0.05) is 0 Å². The summed E-state index contributed by atoms with van der Waals surface area (Å²) in [6.45, 7) is 4.03. The Hall–Kier alpha value is -1.48. The molecule has 0 atom stereocenters. The third kappa shape index (κ3) is 1.78. The van der Waals surface area contributed by atoms with Crippen molar-refractivity contribution in [3.8, 4) is 5.75 Å². The van der Waals surface area contributed by atoms with Crippen molar-refractivity contribution in [1.29, 1.82) is 0 Å². The maximum absolute atomic E-state index is 5.26. The smallest absolute Gasteiger partial charge is 0.120 e. The summed E-state index contributed by atoms with van der Waals surface area (Å²) >= 11 is 0. The minimum atomic E-state index is 0.899. The molecule has 1 aromatic carbocycles. The van der Waals surface area contributed by atoms with Crippen LogP contribution in [0.15, 0.2) is 24.4 Å². The van der Waals surface area contributed by atoms with Crippen LogP contribution in [-0.2, 0) is 13.1 Å². The standard InChI is InChI=1S/C13H18N2O/c1-4-15-9-10(8-14-2)12-6-5-11(16-3)7-13(12)15/h5-7,9,14H,4,8H2,1-3H3. The highest BCUT2D eigenvalue weighted by Crippen LogP contribution is 2.25. The quantitative estimate of drug-likeness (QED) is 0.852. The maximum atomic E-state index is 5.26. The second kappa shape index (κ2) is 4.58. The van der Waals surface area contributed by atoms with E-state index in [9.17, 15) is 0 Å². The predicted octanol–water partition coefficient (Wildman–Crippen LogP) is 2.39. The maximum Gasteiger partial charge on any atom is 0.120 e. The van der Waals surface area contributed by atoms with E-state index in [1.165, 1.54) is 16.5 Å². The zero-order chi connectivity index (χ0) is 11.5. The number of benzene rings is 1. The highest BCUT2D eigenvalue weighted by molar-refractivity contribution is 5.85. The van der Waals surface area contributed by atoms with E-state index >= 15 is 0 Å². The number of fused-ring (bicyclic) bond motifs is 1. The van der Waals surface area contributed by atoms with Crippen LogP contribution in [0.5, 0.6) is 5.75 Å². The molecule has 86 valence electrons. The molecule has 0 radical (unpaired) electrons. The van der Waals surface area contributed by atoms with Gasteiger partial charge in [-0.15, -0.1) is 0 Å². The van der Waals surface area contributed by atoms with Gasteiger partial charge in [-0.2, -0.15) is 0 Å². The summed E-state index contributed by atoms with van der Waals surface area (Å²) in [6.07, 6.45) is 2.21. The van der Waals surface area contributed by atoms with E-state index in [4.69, 9.17) is 4.74 Å². The van der Waals surface area contributed by atoms with Crippen LogP contribution in [0, 0.1) is 0 Å². The summed E-state index contributed by atoms with van der Waals surface area (Å²) in [5, 5.41) is 4.50. The molecular formula is C13H18N2O. The molecule has 0 unspecified atom stereocenters. The van der Waals surface area contributed by atoms with Gasteiger partial charge in [-0.05, 0) is 31.7 Å². The average molecular weight is 218 g/mol. The number of aromatic nitrogens is 1. The number of nitrogens with one attached hydrogen (secondary N) is 1. The van der Waals surface area contributed by atoms with Gasteiger partial charge in [0.2, 0.25) is 0 Å². The summed E-state index contributed by atoms with van der Waals surface area (Å²) < 4.78 is 7.52. The molecule has 0 aliphatic rings. The Morgan fingerprint density at radius 3 is 2.81 bits per heavy atom. The molecule has 16 heavy (non-hydrogen) atoms. The molecule has 3 nitrogen and oxygen atoms in total. The van der Waals surface area contributed by atoms with Crippen LogP contribution in [0.4, 0.5) is 0 Å². The van der Waals surface area contributed by atoms with Crippen molar-refractivity contribution < 1.29 is 4.74 Å². The third-order valence-electron chi connectivity index (χ3n) is 2.88. The number of methoxy groups -OCH3 is 1. The van der Waals surface area contributed by atoms with E-state index in [2.05, 4.69) is 35.1 Å². The predicted molar refractivity (Wildman–Crippen MR) is 66.9 cm³/mol. The molecule has 0 saturated carbocycles. The van der Waals surface area contributed by atoms with E-state index in [-0.39, 0.29) is 0 Å². The van der Waals surface area contributed by atoms with Crippen molar-refractivity contribution in [2.24, 2.45) is 0 Å². The van der Waals surface area contributed by atoms with Crippen molar-refractivity contribution >= 4 is 10.9 Å². The van der Waals surface area contributed by atoms with Crippen LogP contribution in [0.1, 0.15) is 12.5 Å². The molecule has 2 rings (SSSR count). The van der Waals surface area contributed by atoms with Crippen molar-refractivity contribution in [2.75, 3.05) is 14.2 Å². The van der Waals surface area contributed by atoms with Gasteiger partial charge < -0.3 is 14.6 Å². The lowest BCUT2D eigenvalue weighted by Gasteiger charge is -2.03. The first-order valence-corrected chi connectivity index (χ1v) is 5.60. The Kier molecular flexibility index (Phi) is 3.15. The van der Waals surface area contributed by atoms with Gasteiger partial charge in [0.25, 0.3) is 0 Å². The Morgan fingerprint density at radius 1 is 1.38 bits per heavy atom. The Bertz CT molecular complexity index is 488. The van der Waals surface area contributed by atoms with Crippen LogP contribution in [-0.4, -0.2) is 18.7 Å². The van der Waals surface area contributed by atoms with Crippen molar-refractivity contribution in [3.63, 3.8) is 0 Å². The topological polar surface area (TPSA) is 26.2 Å². The SMILES string of the molecule is CCn1cc(CNC)c2ccc(OC)cc21. The monoisotopic (exact) mass is 218 g/mol. The molecule has 0 bridgehead atoms. The number of aryl methyl sites for hydroxylation is 1. The molecule has 0 spiro atoms. The van der Waals surface area contributed by atoms with Crippen LogP contribution < -0.4 is 10.1 Å². The van der Waals surface area contributed by atoms with E-state index in [0.29, 0.717) is 0 Å². The molecule has 1 heterocycles. The molecule has 0 saturated heterocycles. The number of nitrogens with zero attached hydrogens (tertiary/aromatic N) is 1. The molecule has 0 amide bonds. The van der Waals surface area contributed by atoms with E-state index in [1.807, 2.05) is 13.1 Å². The number of ether oxygens (including phenoxy) is 1. The lowest BCUT2D eigenvalue weighted by Crippen LogP contribution is -2.04. The molecule has 0 aliphatic carbocycles. The first kappa shape index (κ1) is 11.0. The minimum absolute atomic E-state index is 0.899. The number of hydrogen-bond acceptors (Lipinski definition) is 2. The van der Waals surface area contributed by atoms with Crippen LogP contribution in [0.25, 0.3) is 10.9 Å². The summed E-state index contributed by atoms with van der Waals surface area (Å²) in [4.78, 5) is 0. The minimum Gasteiger partial charge on any atom is -0.497 e. The zero-order valence-electron chi connectivity index (χ0n) is 10.1.